The number of Topliss-reactive ketones (excluding diaryl/α,β-unsaturated/α-hetero) is 1. The number of aromatic nitrogens is 2. The van der Waals surface area contributed by atoms with Gasteiger partial charge in [0.05, 0.1) is 5.56 Å². The van der Waals surface area contributed by atoms with Gasteiger partial charge in [0.1, 0.15) is 11.2 Å². The molecular formula is C24H22F3N3O3. The van der Waals surface area contributed by atoms with Gasteiger partial charge in [-0.2, -0.15) is 13.2 Å². The molecule has 0 bridgehead atoms. The highest BCUT2D eigenvalue weighted by Crippen LogP contribution is 2.55. The number of benzene rings is 2. The molecule has 0 aliphatic carbocycles. The van der Waals surface area contributed by atoms with Gasteiger partial charge in [-0.05, 0) is 23.6 Å². The fourth-order valence-corrected chi connectivity index (χ4v) is 4.46. The van der Waals surface area contributed by atoms with Crippen LogP contribution in [0.5, 0.6) is 0 Å². The normalized spacial score (nSPS) is 17.2. The lowest BCUT2D eigenvalue weighted by atomic mass is 9.67. The summed E-state index contributed by atoms with van der Waals surface area (Å²) in [7, 11) is 2.42. The topological polar surface area (TPSA) is 73.1 Å². The lowest BCUT2D eigenvalue weighted by Crippen LogP contribution is -2.54. The molecule has 0 saturated heterocycles. The number of rotatable bonds is 4. The van der Waals surface area contributed by atoms with Crippen molar-refractivity contribution >= 4 is 17.3 Å². The van der Waals surface area contributed by atoms with E-state index in [4.69, 9.17) is 0 Å². The molecule has 1 atom stereocenters. The van der Waals surface area contributed by atoms with Gasteiger partial charge in [-0.3, -0.25) is 18.7 Å². The highest BCUT2D eigenvalue weighted by Gasteiger charge is 2.63. The van der Waals surface area contributed by atoms with E-state index in [1.165, 1.54) is 31.3 Å². The third-order valence-corrected chi connectivity index (χ3v) is 6.30. The molecule has 1 aliphatic rings. The molecule has 2 aromatic carbocycles. The van der Waals surface area contributed by atoms with Crippen molar-refractivity contribution in [3.05, 3.63) is 91.6 Å². The number of nitrogens with one attached hydrogen (secondary N) is 1. The first kappa shape index (κ1) is 22.6. The van der Waals surface area contributed by atoms with Crippen molar-refractivity contribution in [2.75, 3.05) is 5.32 Å². The number of carbonyl (C=O) groups excluding carboxylic acids is 1. The molecule has 1 aliphatic heterocycles. The predicted molar refractivity (Wildman–Crippen MR) is 118 cm³/mol. The number of halogens is 3. The van der Waals surface area contributed by atoms with E-state index in [-0.39, 0.29) is 22.6 Å². The van der Waals surface area contributed by atoms with Crippen LogP contribution in [0.25, 0.3) is 0 Å². The van der Waals surface area contributed by atoms with Gasteiger partial charge in [-0.1, -0.05) is 49.4 Å². The summed E-state index contributed by atoms with van der Waals surface area (Å²) in [4.78, 5) is 38.9. The molecular weight excluding hydrogens is 435 g/mol. The minimum absolute atomic E-state index is 0.0983. The first-order chi connectivity index (χ1) is 15.5. The molecule has 9 heteroatoms. The number of carbonyl (C=O) groups is 1. The van der Waals surface area contributed by atoms with E-state index in [0.29, 0.717) is 16.6 Å². The van der Waals surface area contributed by atoms with Gasteiger partial charge in [0.15, 0.2) is 5.78 Å². The molecule has 172 valence electrons. The van der Waals surface area contributed by atoms with Crippen molar-refractivity contribution in [1.82, 2.24) is 9.13 Å². The van der Waals surface area contributed by atoms with Gasteiger partial charge >= 0.3 is 11.9 Å². The Kier molecular flexibility index (Phi) is 5.30. The van der Waals surface area contributed by atoms with Gasteiger partial charge in [0.2, 0.25) is 0 Å². The summed E-state index contributed by atoms with van der Waals surface area (Å²) < 4.78 is 47.2. The van der Waals surface area contributed by atoms with Crippen molar-refractivity contribution in [3.8, 4) is 0 Å². The molecule has 1 aromatic heterocycles. The van der Waals surface area contributed by atoms with Crippen LogP contribution in [0.2, 0.25) is 0 Å². The zero-order chi connectivity index (χ0) is 24.1. The van der Waals surface area contributed by atoms with Crippen molar-refractivity contribution in [1.29, 1.82) is 0 Å². The van der Waals surface area contributed by atoms with Gasteiger partial charge in [-0.25, -0.2) is 4.79 Å². The number of nitrogens with zero attached hydrogens (tertiary/aromatic N) is 2. The standard InChI is InChI=1S/C24H22F3N3O3/c1-4-14-10-11-17-16(12-14)23(24(25,26)27,13-18(31)15-8-6-5-7-9-15)19-20(28-17)29(2)22(33)30(3)21(19)32/h5-12,28H,4,13H2,1-3H3. The van der Waals surface area contributed by atoms with E-state index in [1.807, 2.05) is 0 Å². The van der Waals surface area contributed by atoms with Crippen molar-refractivity contribution < 1.29 is 18.0 Å². The summed E-state index contributed by atoms with van der Waals surface area (Å²) in [6.45, 7) is 1.80. The highest BCUT2D eigenvalue weighted by atomic mass is 19.4. The zero-order valence-electron chi connectivity index (χ0n) is 18.3. The third-order valence-electron chi connectivity index (χ3n) is 6.30. The second-order valence-electron chi connectivity index (χ2n) is 8.16. The van der Waals surface area contributed by atoms with E-state index < -0.39 is 40.6 Å². The molecule has 1 unspecified atom stereocenters. The van der Waals surface area contributed by atoms with Crippen LogP contribution in [0.4, 0.5) is 24.7 Å². The average Bonchev–Trinajstić information content (AvgIpc) is 2.80. The summed E-state index contributed by atoms with van der Waals surface area (Å²) in [6.07, 6.45) is -5.56. The van der Waals surface area contributed by atoms with Gasteiger partial charge in [-0.15, -0.1) is 0 Å². The van der Waals surface area contributed by atoms with Gasteiger partial charge in [0, 0.05) is 31.8 Å². The number of hydrogen-bond acceptors (Lipinski definition) is 4. The lowest BCUT2D eigenvalue weighted by Gasteiger charge is -2.42. The molecule has 1 N–H and O–H groups in total. The molecule has 0 spiro atoms. The zero-order valence-corrected chi connectivity index (χ0v) is 18.3. The largest absolute Gasteiger partial charge is 0.403 e. The van der Waals surface area contributed by atoms with Crippen molar-refractivity contribution in [2.45, 2.75) is 31.4 Å². The Morgan fingerprint density at radius 3 is 2.30 bits per heavy atom. The first-order valence-corrected chi connectivity index (χ1v) is 10.4. The monoisotopic (exact) mass is 457 g/mol. The Labute approximate surface area is 187 Å². The molecule has 0 amide bonds. The molecule has 33 heavy (non-hydrogen) atoms. The second kappa shape index (κ2) is 7.75. The summed E-state index contributed by atoms with van der Waals surface area (Å²) in [5, 5.41) is 2.85. The van der Waals surface area contributed by atoms with E-state index in [1.54, 1.807) is 31.2 Å². The molecule has 0 radical (unpaired) electrons. The average molecular weight is 457 g/mol. The number of ketones is 1. The Morgan fingerprint density at radius 2 is 1.70 bits per heavy atom. The minimum atomic E-state index is -5.01. The third kappa shape index (κ3) is 3.30. The summed E-state index contributed by atoms with van der Waals surface area (Å²) >= 11 is 0. The highest BCUT2D eigenvalue weighted by molar-refractivity contribution is 5.98. The number of anilines is 2. The van der Waals surface area contributed by atoms with Gasteiger partial charge in [0.25, 0.3) is 5.56 Å². The van der Waals surface area contributed by atoms with Crippen LogP contribution in [0.15, 0.2) is 58.1 Å². The Bertz CT molecular complexity index is 1370. The summed E-state index contributed by atoms with van der Waals surface area (Å²) in [5.74, 6) is -1.03. The van der Waals surface area contributed by atoms with Crippen LogP contribution in [-0.2, 0) is 25.9 Å². The van der Waals surface area contributed by atoms with Gasteiger partial charge < -0.3 is 5.32 Å². The number of aryl methyl sites for hydroxylation is 1. The van der Waals surface area contributed by atoms with Crippen molar-refractivity contribution in [3.63, 3.8) is 0 Å². The maximum atomic E-state index is 15.2. The maximum Gasteiger partial charge on any atom is 0.403 e. The fraction of sp³-hybridized carbons (Fsp3) is 0.292. The molecule has 4 rings (SSSR count). The SMILES string of the molecule is CCc1ccc2c(c1)C(CC(=O)c1ccccc1)(C(F)(F)F)c1c(n(C)c(=O)n(C)c1=O)N2. The van der Waals surface area contributed by atoms with E-state index in [0.717, 1.165) is 11.6 Å². The Morgan fingerprint density at radius 1 is 1.03 bits per heavy atom. The van der Waals surface area contributed by atoms with Crippen LogP contribution in [0.3, 0.4) is 0 Å². The van der Waals surface area contributed by atoms with Crippen molar-refractivity contribution in [2.24, 2.45) is 14.1 Å². The van der Waals surface area contributed by atoms with Crippen LogP contribution < -0.4 is 16.6 Å². The van der Waals surface area contributed by atoms with Crippen LogP contribution in [0.1, 0.15) is 40.4 Å². The van der Waals surface area contributed by atoms with Crippen LogP contribution >= 0.6 is 0 Å². The molecule has 2 heterocycles. The van der Waals surface area contributed by atoms with Crippen LogP contribution in [0, 0.1) is 0 Å². The summed E-state index contributed by atoms with van der Waals surface area (Å²) in [6, 6.07) is 12.2. The summed E-state index contributed by atoms with van der Waals surface area (Å²) in [5.41, 5.74) is -4.84. The number of fused-ring (bicyclic) bond motifs is 2. The molecule has 0 saturated carbocycles. The number of alkyl halides is 3. The van der Waals surface area contributed by atoms with E-state index >= 15 is 13.2 Å². The second-order valence-corrected chi connectivity index (χ2v) is 8.16. The van der Waals surface area contributed by atoms with Crippen LogP contribution in [-0.4, -0.2) is 21.1 Å². The lowest BCUT2D eigenvalue weighted by molar-refractivity contribution is -0.177. The maximum absolute atomic E-state index is 15.2. The molecule has 0 fully saturated rings. The molecule has 6 nitrogen and oxygen atoms in total. The first-order valence-electron chi connectivity index (χ1n) is 10.4. The van der Waals surface area contributed by atoms with E-state index in [2.05, 4.69) is 5.32 Å². The van der Waals surface area contributed by atoms with E-state index in [9.17, 15) is 14.4 Å². The Balaban J connectivity index is 2.14. The smallest absolute Gasteiger partial charge is 0.341 e. The quantitative estimate of drug-likeness (QED) is 0.605. The predicted octanol–water partition coefficient (Wildman–Crippen LogP) is 3.82. The Hall–Kier alpha value is -3.62. The molecule has 3 aromatic rings. The fourth-order valence-electron chi connectivity index (χ4n) is 4.46. The minimum Gasteiger partial charge on any atom is -0.341 e. The number of hydrogen-bond donors (Lipinski definition) is 1.